The van der Waals surface area contributed by atoms with Crippen molar-refractivity contribution in [2.24, 2.45) is 0 Å². The van der Waals surface area contributed by atoms with Gasteiger partial charge < -0.3 is 14.4 Å². The standard InChI is InChI=1S/C22H24N4O6S2/c1-25-8-10-26(11-9-25)34(29,30)17-5-3-4-15(12-17)21(28)32-14-20(27)24-22-23-18-7-6-16(31-2)13-19(18)33-22/h3-7,12-13H,8-11,14H2,1-2H3,(H,23,24,27). The number of esters is 1. The molecule has 0 saturated carbocycles. The van der Waals surface area contributed by atoms with Crippen molar-refractivity contribution in [3.8, 4) is 5.75 Å². The van der Waals surface area contributed by atoms with E-state index in [2.05, 4.69) is 15.2 Å². The highest BCUT2D eigenvalue weighted by Crippen LogP contribution is 2.29. The average molecular weight is 505 g/mol. The molecule has 1 N–H and O–H groups in total. The molecule has 0 bridgehead atoms. The van der Waals surface area contributed by atoms with E-state index in [0.29, 0.717) is 42.6 Å². The van der Waals surface area contributed by atoms with Crippen LogP contribution in [0.25, 0.3) is 10.2 Å². The van der Waals surface area contributed by atoms with E-state index in [-0.39, 0.29) is 10.5 Å². The molecule has 34 heavy (non-hydrogen) atoms. The molecular formula is C22H24N4O6S2. The number of hydrogen-bond donors (Lipinski definition) is 1. The molecule has 3 aromatic rings. The second-order valence-corrected chi connectivity index (χ2v) is 10.7. The van der Waals surface area contributed by atoms with Crippen molar-refractivity contribution in [2.45, 2.75) is 4.90 Å². The van der Waals surface area contributed by atoms with Crippen LogP contribution in [-0.4, -0.2) is 81.4 Å². The van der Waals surface area contributed by atoms with Gasteiger partial charge in [0.1, 0.15) is 5.75 Å². The zero-order chi connectivity index (χ0) is 24.3. The van der Waals surface area contributed by atoms with Gasteiger partial charge >= 0.3 is 5.97 Å². The van der Waals surface area contributed by atoms with E-state index in [1.807, 2.05) is 13.1 Å². The van der Waals surface area contributed by atoms with Crippen molar-refractivity contribution in [3.63, 3.8) is 0 Å². The van der Waals surface area contributed by atoms with Crippen LogP contribution in [0, 0.1) is 0 Å². The van der Waals surface area contributed by atoms with E-state index >= 15 is 0 Å². The lowest BCUT2D eigenvalue weighted by Crippen LogP contribution is -2.47. The molecule has 12 heteroatoms. The van der Waals surface area contributed by atoms with E-state index in [4.69, 9.17) is 9.47 Å². The molecule has 0 spiro atoms. The summed E-state index contributed by atoms with van der Waals surface area (Å²) in [6, 6.07) is 11.0. The predicted molar refractivity (Wildman–Crippen MR) is 128 cm³/mol. The van der Waals surface area contributed by atoms with Crippen LogP contribution in [0.4, 0.5) is 5.13 Å². The summed E-state index contributed by atoms with van der Waals surface area (Å²) < 4.78 is 38.4. The van der Waals surface area contributed by atoms with Crippen molar-refractivity contribution in [1.29, 1.82) is 0 Å². The number of carbonyl (C=O) groups excluding carboxylic acids is 2. The molecule has 0 atom stereocenters. The smallest absolute Gasteiger partial charge is 0.338 e. The topological polar surface area (TPSA) is 118 Å². The molecule has 1 aromatic heterocycles. The number of fused-ring (bicyclic) bond motifs is 1. The highest BCUT2D eigenvalue weighted by Gasteiger charge is 2.28. The molecule has 1 aliphatic heterocycles. The number of thiazole rings is 1. The van der Waals surface area contributed by atoms with E-state index < -0.39 is 28.5 Å². The number of hydrogen-bond acceptors (Lipinski definition) is 9. The number of aromatic nitrogens is 1. The summed E-state index contributed by atoms with van der Waals surface area (Å²) in [5.41, 5.74) is 0.756. The number of nitrogens with one attached hydrogen (secondary N) is 1. The van der Waals surface area contributed by atoms with Crippen molar-refractivity contribution in [1.82, 2.24) is 14.2 Å². The molecule has 0 aliphatic carbocycles. The number of sulfonamides is 1. The molecule has 0 unspecified atom stereocenters. The zero-order valence-corrected chi connectivity index (χ0v) is 20.3. The summed E-state index contributed by atoms with van der Waals surface area (Å²) in [6.45, 7) is 1.50. The molecule has 1 saturated heterocycles. The van der Waals surface area contributed by atoms with Crippen LogP contribution in [0.15, 0.2) is 47.4 Å². The number of methoxy groups -OCH3 is 1. The van der Waals surface area contributed by atoms with E-state index in [0.717, 1.165) is 4.70 Å². The van der Waals surface area contributed by atoms with Gasteiger partial charge in [0.05, 0.1) is 27.8 Å². The Bertz CT molecular complexity index is 1320. The molecule has 2 heterocycles. The molecule has 2 aromatic carbocycles. The minimum Gasteiger partial charge on any atom is -0.497 e. The van der Waals surface area contributed by atoms with Gasteiger partial charge in [0.25, 0.3) is 5.91 Å². The van der Waals surface area contributed by atoms with Crippen molar-refractivity contribution >= 4 is 48.6 Å². The summed E-state index contributed by atoms with van der Waals surface area (Å²) in [4.78, 5) is 31.1. The summed E-state index contributed by atoms with van der Waals surface area (Å²) in [5, 5.41) is 2.97. The van der Waals surface area contributed by atoms with Gasteiger partial charge in [0, 0.05) is 26.2 Å². The highest BCUT2D eigenvalue weighted by molar-refractivity contribution is 7.89. The van der Waals surface area contributed by atoms with Gasteiger partial charge in [-0.2, -0.15) is 4.31 Å². The third-order valence-electron chi connectivity index (χ3n) is 5.35. The molecule has 1 fully saturated rings. The lowest BCUT2D eigenvalue weighted by molar-refractivity contribution is -0.119. The normalized spacial score (nSPS) is 15.2. The maximum absolute atomic E-state index is 12.9. The number of carbonyl (C=O) groups is 2. The van der Waals surface area contributed by atoms with Gasteiger partial charge in [-0.3, -0.25) is 10.1 Å². The number of rotatable bonds is 7. The van der Waals surface area contributed by atoms with E-state index in [9.17, 15) is 18.0 Å². The summed E-state index contributed by atoms with van der Waals surface area (Å²) in [6.07, 6.45) is 0. The Morgan fingerprint density at radius 2 is 1.88 bits per heavy atom. The quantitative estimate of drug-likeness (QED) is 0.486. The predicted octanol–water partition coefficient (Wildman–Crippen LogP) is 2.04. The molecule has 4 rings (SSSR count). The van der Waals surface area contributed by atoms with Crippen LogP contribution >= 0.6 is 11.3 Å². The zero-order valence-electron chi connectivity index (χ0n) is 18.7. The first-order chi connectivity index (χ1) is 16.3. The molecule has 1 amide bonds. The minimum atomic E-state index is -3.73. The lowest BCUT2D eigenvalue weighted by atomic mass is 10.2. The molecule has 180 valence electrons. The molecule has 0 radical (unpaired) electrons. The van der Waals surface area contributed by atoms with Crippen LogP contribution in [0.3, 0.4) is 0 Å². The maximum atomic E-state index is 12.9. The first-order valence-corrected chi connectivity index (χ1v) is 12.7. The number of amides is 1. The van der Waals surface area contributed by atoms with Gasteiger partial charge in [-0.25, -0.2) is 18.2 Å². The SMILES string of the molecule is COc1ccc2nc(NC(=O)COC(=O)c3cccc(S(=O)(=O)N4CCN(C)CC4)c3)sc2c1. The maximum Gasteiger partial charge on any atom is 0.338 e. The average Bonchev–Trinajstić information content (AvgIpc) is 3.24. The van der Waals surface area contributed by atoms with E-state index in [1.54, 1.807) is 19.2 Å². The Hall–Kier alpha value is -3.06. The lowest BCUT2D eigenvalue weighted by Gasteiger charge is -2.31. The van der Waals surface area contributed by atoms with Gasteiger partial charge in [0.15, 0.2) is 11.7 Å². The Labute approximate surface area is 201 Å². The van der Waals surface area contributed by atoms with Gasteiger partial charge in [-0.05, 0) is 43.4 Å². The third kappa shape index (κ3) is 5.36. The number of anilines is 1. The largest absolute Gasteiger partial charge is 0.497 e. The fourth-order valence-corrected chi connectivity index (χ4v) is 5.80. The van der Waals surface area contributed by atoms with Gasteiger partial charge in [0.2, 0.25) is 10.0 Å². The van der Waals surface area contributed by atoms with Crippen molar-refractivity contribution in [2.75, 3.05) is 52.3 Å². The van der Waals surface area contributed by atoms with Crippen LogP contribution in [-0.2, 0) is 19.6 Å². The van der Waals surface area contributed by atoms with E-state index in [1.165, 1.54) is 39.9 Å². The number of likely N-dealkylation sites (N-methyl/N-ethyl adjacent to an activating group) is 1. The molecular weight excluding hydrogens is 480 g/mol. The number of ether oxygens (including phenoxy) is 2. The minimum absolute atomic E-state index is 0.0147. The third-order valence-corrected chi connectivity index (χ3v) is 8.17. The molecule has 1 aliphatic rings. The second-order valence-electron chi connectivity index (χ2n) is 7.71. The first-order valence-electron chi connectivity index (χ1n) is 10.5. The first kappa shape index (κ1) is 24.1. The Balaban J connectivity index is 1.37. The van der Waals surface area contributed by atoms with Gasteiger partial charge in [-0.15, -0.1) is 0 Å². The summed E-state index contributed by atoms with van der Waals surface area (Å²) >= 11 is 1.27. The molecule has 10 nitrogen and oxygen atoms in total. The van der Waals surface area contributed by atoms with Crippen LogP contribution < -0.4 is 10.1 Å². The van der Waals surface area contributed by atoms with Crippen LogP contribution in [0.1, 0.15) is 10.4 Å². The summed E-state index contributed by atoms with van der Waals surface area (Å²) in [5.74, 6) is -0.667. The number of nitrogens with zero attached hydrogens (tertiary/aromatic N) is 3. The number of benzene rings is 2. The Kier molecular flexibility index (Phi) is 7.12. The summed E-state index contributed by atoms with van der Waals surface area (Å²) in [7, 11) is -0.226. The van der Waals surface area contributed by atoms with Crippen LogP contribution in [0.2, 0.25) is 0 Å². The Morgan fingerprint density at radius 3 is 2.62 bits per heavy atom. The highest BCUT2D eigenvalue weighted by atomic mass is 32.2. The fraction of sp³-hybridized carbons (Fsp3) is 0.318. The van der Waals surface area contributed by atoms with Gasteiger partial charge in [-0.1, -0.05) is 17.4 Å². The van der Waals surface area contributed by atoms with Crippen LogP contribution in [0.5, 0.6) is 5.75 Å². The second kappa shape index (κ2) is 10.1. The van der Waals surface area contributed by atoms with Crippen molar-refractivity contribution < 1.29 is 27.5 Å². The monoisotopic (exact) mass is 504 g/mol. The Morgan fingerprint density at radius 1 is 1.12 bits per heavy atom. The fourth-order valence-electron chi connectivity index (χ4n) is 3.42. The van der Waals surface area contributed by atoms with Crippen molar-refractivity contribution in [3.05, 3.63) is 48.0 Å². The number of piperazine rings is 1.